The molecule has 4 rings (SSSR count). The molecule has 2 aliphatic rings. The Hall–Kier alpha value is -3.15. The molecule has 0 unspecified atom stereocenters. The lowest BCUT2D eigenvalue weighted by atomic mass is 9.93. The number of anilines is 1. The van der Waals surface area contributed by atoms with E-state index in [0.717, 1.165) is 11.1 Å². The summed E-state index contributed by atoms with van der Waals surface area (Å²) in [6.07, 6.45) is 3.55. The molecule has 3 heterocycles. The van der Waals surface area contributed by atoms with E-state index in [1.54, 1.807) is 25.4 Å². The van der Waals surface area contributed by atoms with Crippen molar-refractivity contribution in [3.8, 4) is 5.88 Å². The number of ether oxygens (including phenoxy) is 2. The first-order chi connectivity index (χ1) is 12.4. The number of carbonyl (C=O) groups excluding carboxylic acids is 1. The minimum atomic E-state index is -0.637. The van der Waals surface area contributed by atoms with Crippen molar-refractivity contribution >= 4 is 22.7 Å². The molecular formula is C20H17FN2O3. The van der Waals surface area contributed by atoms with Crippen LogP contribution in [0, 0.1) is 5.82 Å². The van der Waals surface area contributed by atoms with E-state index in [1.165, 1.54) is 12.1 Å². The second-order valence-corrected chi connectivity index (χ2v) is 6.64. The molecule has 5 nitrogen and oxygen atoms in total. The Kier molecular flexibility index (Phi) is 3.57. The number of allylic oxidation sites excluding steroid dienone is 1. The van der Waals surface area contributed by atoms with Crippen LogP contribution in [0.2, 0.25) is 0 Å². The largest absolute Gasteiger partial charge is 0.482 e. The Morgan fingerprint density at radius 3 is 2.73 bits per heavy atom. The van der Waals surface area contributed by atoms with Gasteiger partial charge >= 0.3 is 0 Å². The molecule has 132 valence electrons. The van der Waals surface area contributed by atoms with E-state index >= 15 is 0 Å². The van der Waals surface area contributed by atoms with Gasteiger partial charge in [-0.15, -0.1) is 0 Å². The van der Waals surface area contributed by atoms with Crippen molar-refractivity contribution in [3.63, 3.8) is 0 Å². The molecule has 1 amide bonds. The second kappa shape index (κ2) is 5.69. The number of benzene rings is 1. The van der Waals surface area contributed by atoms with Crippen LogP contribution in [0.1, 0.15) is 25.0 Å². The number of amides is 1. The Morgan fingerprint density at radius 2 is 2.04 bits per heavy atom. The Bertz CT molecular complexity index is 975. The van der Waals surface area contributed by atoms with E-state index in [2.05, 4.69) is 10.3 Å². The molecule has 0 saturated carbocycles. The molecule has 0 atom stereocenters. The molecule has 0 radical (unpaired) electrons. The third-order valence-electron chi connectivity index (χ3n) is 4.52. The summed E-state index contributed by atoms with van der Waals surface area (Å²) in [5.41, 5.74) is 2.63. The zero-order valence-electron chi connectivity index (χ0n) is 14.6. The zero-order chi connectivity index (χ0) is 18.5. The minimum absolute atomic E-state index is 0.304. The predicted molar refractivity (Wildman–Crippen MR) is 95.9 cm³/mol. The van der Waals surface area contributed by atoms with Crippen LogP contribution >= 0.6 is 0 Å². The molecule has 2 aromatic rings. The summed E-state index contributed by atoms with van der Waals surface area (Å²) >= 11 is 0. The number of carbonyl (C=O) groups is 1. The molecule has 0 aliphatic carbocycles. The number of hydrogen-bond donors (Lipinski definition) is 1. The van der Waals surface area contributed by atoms with Gasteiger partial charge in [0.05, 0.1) is 18.4 Å². The number of pyridine rings is 1. The van der Waals surface area contributed by atoms with Gasteiger partial charge in [-0.2, -0.15) is 0 Å². The first-order valence-electron chi connectivity index (χ1n) is 8.16. The first-order valence-corrected chi connectivity index (χ1v) is 8.16. The van der Waals surface area contributed by atoms with Crippen molar-refractivity contribution in [2.45, 2.75) is 19.4 Å². The van der Waals surface area contributed by atoms with Crippen molar-refractivity contribution in [2.75, 3.05) is 12.4 Å². The summed E-state index contributed by atoms with van der Waals surface area (Å²) < 4.78 is 24.6. The minimum Gasteiger partial charge on any atom is -0.482 e. The van der Waals surface area contributed by atoms with Gasteiger partial charge in [-0.05, 0) is 44.2 Å². The molecule has 0 bridgehead atoms. The molecule has 1 aromatic carbocycles. The summed E-state index contributed by atoms with van der Waals surface area (Å²) in [4.78, 5) is 16.7. The molecule has 26 heavy (non-hydrogen) atoms. The molecule has 0 fully saturated rings. The van der Waals surface area contributed by atoms with Crippen LogP contribution < -0.4 is 10.1 Å². The lowest BCUT2D eigenvalue weighted by Gasteiger charge is -2.23. The van der Waals surface area contributed by atoms with E-state index in [1.807, 2.05) is 26.0 Å². The summed E-state index contributed by atoms with van der Waals surface area (Å²) in [7, 11) is 1.56. The van der Waals surface area contributed by atoms with Gasteiger partial charge in [-0.3, -0.25) is 4.79 Å². The maximum atomic E-state index is 13.4. The standard InChI is InChI=1S/C20H17FN2O3/c1-20(2)14(11-4-7-17(25-3)22-10-11)9-16(26-20)18-13-6-5-12(21)8-15(13)23-19(18)24/h4-10H,1-3H3,(H,23,24)/b18-16+. The fourth-order valence-corrected chi connectivity index (χ4v) is 3.27. The number of aromatic nitrogens is 1. The third-order valence-corrected chi connectivity index (χ3v) is 4.52. The van der Waals surface area contributed by atoms with Gasteiger partial charge in [0, 0.05) is 29.0 Å². The van der Waals surface area contributed by atoms with Crippen molar-refractivity contribution < 1.29 is 18.7 Å². The molecule has 1 N–H and O–H groups in total. The normalized spacial score (nSPS) is 20.3. The summed E-state index contributed by atoms with van der Waals surface area (Å²) in [6, 6.07) is 7.89. The maximum Gasteiger partial charge on any atom is 0.260 e. The zero-order valence-corrected chi connectivity index (χ0v) is 14.6. The van der Waals surface area contributed by atoms with Crippen molar-refractivity contribution in [1.29, 1.82) is 0 Å². The second-order valence-electron chi connectivity index (χ2n) is 6.64. The lowest BCUT2D eigenvalue weighted by molar-refractivity contribution is -0.111. The topological polar surface area (TPSA) is 60.5 Å². The SMILES string of the molecule is COc1ccc(C2=C/C(=C3\C(=O)Nc4cc(F)ccc43)OC2(C)C)cn1. The van der Waals surface area contributed by atoms with E-state index in [-0.39, 0.29) is 5.91 Å². The Morgan fingerprint density at radius 1 is 1.23 bits per heavy atom. The van der Waals surface area contributed by atoms with Crippen LogP contribution in [0.15, 0.2) is 48.4 Å². The van der Waals surface area contributed by atoms with Crippen LogP contribution in [0.5, 0.6) is 5.88 Å². The van der Waals surface area contributed by atoms with Gasteiger partial charge in [-0.25, -0.2) is 9.37 Å². The third kappa shape index (κ3) is 2.54. The van der Waals surface area contributed by atoms with Gasteiger partial charge in [0.15, 0.2) is 0 Å². The van der Waals surface area contributed by atoms with Crippen molar-refractivity contribution in [3.05, 3.63) is 65.3 Å². The first kappa shape index (κ1) is 16.3. The van der Waals surface area contributed by atoms with E-state index in [4.69, 9.17) is 9.47 Å². The number of hydrogen-bond acceptors (Lipinski definition) is 4. The summed E-state index contributed by atoms with van der Waals surface area (Å²) in [5.74, 6) is 0.282. The summed E-state index contributed by atoms with van der Waals surface area (Å²) in [6.45, 7) is 3.85. The van der Waals surface area contributed by atoms with E-state index in [9.17, 15) is 9.18 Å². The monoisotopic (exact) mass is 352 g/mol. The van der Waals surface area contributed by atoms with E-state index in [0.29, 0.717) is 28.5 Å². The number of halogens is 1. The Balaban J connectivity index is 1.82. The van der Waals surface area contributed by atoms with Crippen molar-refractivity contribution in [1.82, 2.24) is 4.98 Å². The smallest absolute Gasteiger partial charge is 0.260 e. The highest BCUT2D eigenvalue weighted by Crippen LogP contribution is 2.44. The van der Waals surface area contributed by atoms with Crippen LogP contribution in [-0.2, 0) is 9.53 Å². The molecule has 1 aromatic heterocycles. The number of nitrogens with zero attached hydrogens (tertiary/aromatic N) is 1. The quantitative estimate of drug-likeness (QED) is 0.836. The average Bonchev–Trinajstić information content (AvgIpc) is 3.09. The number of nitrogens with one attached hydrogen (secondary N) is 1. The highest BCUT2D eigenvalue weighted by atomic mass is 19.1. The molecule has 0 spiro atoms. The number of methoxy groups -OCH3 is 1. The van der Waals surface area contributed by atoms with Crippen LogP contribution in [0.3, 0.4) is 0 Å². The fourth-order valence-electron chi connectivity index (χ4n) is 3.27. The van der Waals surface area contributed by atoms with Gasteiger partial charge in [-0.1, -0.05) is 0 Å². The average molecular weight is 352 g/mol. The van der Waals surface area contributed by atoms with Gasteiger partial charge in [0.25, 0.3) is 5.91 Å². The fraction of sp³-hybridized carbons (Fsp3) is 0.200. The number of fused-ring (bicyclic) bond motifs is 1. The van der Waals surface area contributed by atoms with Crippen molar-refractivity contribution in [2.24, 2.45) is 0 Å². The highest BCUT2D eigenvalue weighted by molar-refractivity contribution is 6.32. The number of rotatable bonds is 2. The molecule has 0 saturated heterocycles. The van der Waals surface area contributed by atoms with Gasteiger partial charge < -0.3 is 14.8 Å². The summed E-state index contributed by atoms with van der Waals surface area (Å²) in [5, 5.41) is 2.69. The van der Waals surface area contributed by atoms with E-state index < -0.39 is 11.4 Å². The molecule has 6 heteroatoms. The highest BCUT2D eigenvalue weighted by Gasteiger charge is 2.38. The Labute approximate surface area is 150 Å². The lowest BCUT2D eigenvalue weighted by Crippen LogP contribution is -2.21. The predicted octanol–water partition coefficient (Wildman–Crippen LogP) is 3.78. The van der Waals surface area contributed by atoms with Gasteiger partial charge in [0.1, 0.15) is 17.2 Å². The maximum absolute atomic E-state index is 13.4. The van der Waals surface area contributed by atoms with Crippen LogP contribution in [0.4, 0.5) is 10.1 Å². The molecular weight excluding hydrogens is 335 g/mol. The van der Waals surface area contributed by atoms with Crippen LogP contribution in [0.25, 0.3) is 11.1 Å². The van der Waals surface area contributed by atoms with Crippen LogP contribution in [-0.4, -0.2) is 23.6 Å². The molecule has 2 aliphatic heterocycles. The van der Waals surface area contributed by atoms with Gasteiger partial charge in [0.2, 0.25) is 5.88 Å².